The van der Waals surface area contributed by atoms with Gasteiger partial charge in [-0.15, -0.1) is 0 Å². The smallest absolute Gasteiger partial charge is 0.193 e. The van der Waals surface area contributed by atoms with Crippen LogP contribution in [0, 0.1) is 0 Å². The molecule has 0 saturated heterocycles. The third-order valence-corrected chi connectivity index (χ3v) is 6.29. The standard InChI is InChI=1S/C21H17BrO4S/c1-26-18-8-10-19(11-9-18)27(24,25)14-16-13-17(22)7-12-20(16)21(23)15-5-3-2-4-6-15/h2-13H,14H2,1H3. The fourth-order valence-electron chi connectivity index (χ4n) is 2.72. The number of ketones is 1. The molecular weight excluding hydrogens is 428 g/mol. The molecule has 0 bridgehead atoms. The van der Waals surface area contributed by atoms with Gasteiger partial charge < -0.3 is 4.74 Å². The lowest BCUT2D eigenvalue weighted by Crippen LogP contribution is -2.11. The van der Waals surface area contributed by atoms with E-state index in [0.29, 0.717) is 26.9 Å². The average molecular weight is 445 g/mol. The molecule has 0 aliphatic carbocycles. The van der Waals surface area contributed by atoms with E-state index < -0.39 is 9.84 Å². The highest BCUT2D eigenvalue weighted by Crippen LogP contribution is 2.25. The maximum absolute atomic E-state index is 12.9. The van der Waals surface area contributed by atoms with E-state index in [1.165, 1.54) is 19.2 Å². The van der Waals surface area contributed by atoms with Gasteiger partial charge in [-0.1, -0.05) is 46.3 Å². The van der Waals surface area contributed by atoms with Crippen LogP contribution in [-0.2, 0) is 15.6 Å². The normalized spacial score (nSPS) is 11.2. The lowest BCUT2D eigenvalue weighted by atomic mass is 9.99. The van der Waals surface area contributed by atoms with E-state index >= 15 is 0 Å². The molecule has 4 nitrogen and oxygen atoms in total. The number of ether oxygens (including phenoxy) is 1. The highest BCUT2D eigenvalue weighted by Gasteiger charge is 2.21. The van der Waals surface area contributed by atoms with E-state index in [2.05, 4.69) is 15.9 Å². The van der Waals surface area contributed by atoms with Crippen LogP contribution in [0.3, 0.4) is 0 Å². The minimum Gasteiger partial charge on any atom is -0.497 e. The Hall–Kier alpha value is -2.44. The summed E-state index contributed by atoms with van der Waals surface area (Å²) in [5.74, 6) is 0.103. The first kappa shape index (κ1) is 19.3. The maximum atomic E-state index is 12.9. The molecule has 0 atom stereocenters. The van der Waals surface area contributed by atoms with Crippen molar-refractivity contribution in [2.75, 3.05) is 7.11 Å². The van der Waals surface area contributed by atoms with E-state index in [4.69, 9.17) is 4.74 Å². The number of hydrogen-bond donors (Lipinski definition) is 0. The van der Waals surface area contributed by atoms with Crippen molar-refractivity contribution in [1.82, 2.24) is 0 Å². The van der Waals surface area contributed by atoms with E-state index in [9.17, 15) is 13.2 Å². The Morgan fingerprint density at radius 3 is 2.26 bits per heavy atom. The molecule has 3 aromatic rings. The Bertz CT molecular complexity index is 1060. The Kier molecular flexibility index (Phi) is 5.77. The summed E-state index contributed by atoms with van der Waals surface area (Å²) < 4.78 is 31.5. The number of carbonyl (C=O) groups is 1. The summed E-state index contributed by atoms with van der Waals surface area (Å²) in [5.41, 5.74) is 1.35. The molecule has 27 heavy (non-hydrogen) atoms. The Labute approximate surface area is 166 Å². The molecule has 6 heteroatoms. The summed E-state index contributed by atoms with van der Waals surface area (Å²) in [7, 11) is -2.10. The molecular formula is C21H17BrO4S. The summed E-state index contributed by atoms with van der Waals surface area (Å²) in [6, 6.07) is 20.1. The molecule has 0 fully saturated rings. The zero-order chi connectivity index (χ0) is 19.4. The molecule has 3 rings (SSSR count). The zero-order valence-electron chi connectivity index (χ0n) is 14.6. The molecule has 138 valence electrons. The van der Waals surface area contributed by atoms with Crippen LogP contribution in [0.4, 0.5) is 0 Å². The van der Waals surface area contributed by atoms with Crippen LogP contribution in [0.2, 0.25) is 0 Å². The Balaban J connectivity index is 1.98. The highest BCUT2D eigenvalue weighted by atomic mass is 79.9. The van der Waals surface area contributed by atoms with Crippen LogP contribution in [0.5, 0.6) is 5.75 Å². The molecule has 0 aliphatic rings. The molecule has 0 heterocycles. The molecule has 0 saturated carbocycles. The van der Waals surface area contributed by atoms with Crippen molar-refractivity contribution in [3.8, 4) is 5.75 Å². The fraction of sp³-hybridized carbons (Fsp3) is 0.0952. The van der Waals surface area contributed by atoms with Gasteiger partial charge in [-0.3, -0.25) is 4.79 Å². The van der Waals surface area contributed by atoms with Crippen LogP contribution in [-0.4, -0.2) is 21.3 Å². The highest BCUT2D eigenvalue weighted by molar-refractivity contribution is 9.10. The predicted molar refractivity (Wildman–Crippen MR) is 108 cm³/mol. The summed E-state index contributed by atoms with van der Waals surface area (Å²) in [6.07, 6.45) is 0. The Morgan fingerprint density at radius 2 is 1.63 bits per heavy atom. The molecule has 3 aromatic carbocycles. The number of sulfone groups is 1. The summed E-state index contributed by atoms with van der Waals surface area (Å²) in [4.78, 5) is 13.0. The molecule has 0 spiro atoms. The quantitative estimate of drug-likeness (QED) is 0.518. The molecule has 0 amide bonds. The first-order valence-corrected chi connectivity index (χ1v) is 10.6. The second-order valence-electron chi connectivity index (χ2n) is 5.93. The van der Waals surface area contributed by atoms with Gasteiger partial charge in [-0.25, -0.2) is 8.42 Å². The van der Waals surface area contributed by atoms with Gasteiger partial charge in [0, 0.05) is 15.6 Å². The topological polar surface area (TPSA) is 60.4 Å². The predicted octanol–water partition coefficient (Wildman–Crippen LogP) is 4.66. The number of methoxy groups -OCH3 is 1. The number of benzene rings is 3. The largest absolute Gasteiger partial charge is 0.497 e. The molecule has 0 N–H and O–H groups in total. The fourth-order valence-corrected chi connectivity index (χ4v) is 4.49. The van der Waals surface area contributed by atoms with Crippen molar-refractivity contribution in [2.24, 2.45) is 0 Å². The number of halogens is 1. The van der Waals surface area contributed by atoms with Crippen molar-refractivity contribution in [3.05, 3.63) is 94.0 Å². The molecule has 0 radical (unpaired) electrons. The van der Waals surface area contributed by atoms with E-state index in [-0.39, 0.29) is 16.4 Å². The van der Waals surface area contributed by atoms with Crippen LogP contribution in [0.1, 0.15) is 21.5 Å². The van der Waals surface area contributed by atoms with Crippen molar-refractivity contribution in [1.29, 1.82) is 0 Å². The van der Waals surface area contributed by atoms with Gasteiger partial charge in [0.1, 0.15) is 5.75 Å². The maximum Gasteiger partial charge on any atom is 0.193 e. The van der Waals surface area contributed by atoms with Crippen molar-refractivity contribution in [3.63, 3.8) is 0 Å². The lowest BCUT2D eigenvalue weighted by molar-refractivity contribution is 0.103. The van der Waals surface area contributed by atoms with E-state index in [1.54, 1.807) is 54.6 Å². The molecule has 0 aliphatic heterocycles. The summed E-state index contributed by atoms with van der Waals surface area (Å²) in [5, 5.41) is 0. The average Bonchev–Trinajstić information content (AvgIpc) is 2.68. The Morgan fingerprint density at radius 1 is 0.963 bits per heavy atom. The third-order valence-electron chi connectivity index (χ3n) is 4.11. The first-order chi connectivity index (χ1) is 12.9. The third kappa shape index (κ3) is 4.46. The first-order valence-electron chi connectivity index (χ1n) is 8.16. The number of hydrogen-bond acceptors (Lipinski definition) is 4. The second kappa shape index (κ2) is 8.06. The second-order valence-corrected chi connectivity index (χ2v) is 8.84. The molecule has 0 unspecified atom stereocenters. The lowest BCUT2D eigenvalue weighted by Gasteiger charge is -2.11. The van der Waals surface area contributed by atoms with E-state index in [1.807, 2.05) is 6.07 Å². The van der Waals surface area contributed by atoms with Crippen LogP contribution in [0.15, 0.2) is 82.2 Å². The SMILES string of the molecule is COc1ccc(S(=O)(=O)Cc2cc(Br)ccc2C(=O)c2ccccc2)cc1. The molecule has 0 aromatic heterocycles. The van der Waals surface area contributed by atoms with Gasteiger partial charge in [0.15, 0.2) is 15.6 Å². The van der Waals surface area contributed by atoms with Crippen LogP contribution in [0.25, 0.3) is 0 Å². The van der Waals surface area contributed by atoms with Crippen molar-refractivity contribution < 1.29 is 17.9 Å². The monoisotopic (exact) mass is 444 g/mol. The van der Waals surface area contributed by atoms with Crippen molar-refractivity contribution >= 4 is 31.6 Å². The van der Waals surface area contributed by atoms with Crippen molar-refractivity contribution in [2.45, 2.75) is 10.6 Å². The van der Waals surface area contributed by atoms with Gasteiger partial charge in [0.25, 0.3) is 0 Å². The van der Waals surface area contributed by atoms with Crippen LogP contribution < -0.4 is 4.74 Å². The van der Waals surface area contributed by atoms with E-state index in [0.717, 1.165) is 0 Å². The van der Waals surface area contributed by atoms with Gasteiger partial charge >= 0.3 is 0 Å². The van der Waals surface area contributed by atoms with Gasteiger partial charge in [0.05, 0.1) is 17.8 Å². The van der Waals surface area contributed by atoms with Gasteiger partial charge in [-0.2, -0.15) is 0 Å². The zero-order valence-corrected chi connectivity index (χ0v) is 17.0. The summed E-state index contributed by atoms with van der Waals surface area (Å²) >= 11 is 3.36. The number of rotatable bonds is 6. The van der Waals surface area contributed by atoms with Gasteiger partial charge in [0.2, 0.25) is 0 Å². The minimum atomic E-state index is -3.62. The van der Waals surface area contributed by atoms with Gasteiger partial charge in [-0.05, 0) is 48.0 Å². The number of carbonyl (C=O) groups excluding carboxylic acids is 1. The summed E-state index contributed by atoms with van der Waals surface area (Å²) in [6.45, 7) is 0. The minimum absolute atomic E-state index is 0.182. The van der Waals surface area contributed by atoms with Crippen LogP contribution >= 0.6 is 15.9 Å².